The number of aliphatic hydroxyl groups is 1. The maximum Gasteiger partial charge on any atom is 0.319 e. The summed E-state index contributed by atoms with van der Waals surface area (Å²) in [7, 11) is 0. The van der Waals surface area contributed by atoms with E-state index in [1.807, 2.05) is 13.8 Å². The quantitative estimate of drug-likeness (QED) is 0.692. The number of ether oxygens (including phenoxy) is 1. The van der Waals surface area contributed by atoms with Gasteiger partial charge in [-0.3, -0.25) is 0 Å². The van der Waals surface area contributed by atoms with Crippen LogP contribution in [0.5, 0.6) is 6.01 Å². The van der Waals surface area contributed by atoms with Crippen molar-refractivity contribution in [3.05, 3.63) is 22.6 Å². The zero-order chi connectivity index (χ0) is 19.0. The Bertz CT molecular complexity index is 953. The number of aromatic nitrogens is 5. The Morgan fingerprint density at radius 3 is 2.93 bits per heavy atom. The van der Waals surface area contributed by atoms with E-state index in [0.717, 1.165) is 47.2 Å². The van der Waals surface area contributed by atoms with E-state index in [9.17, 15) is 5.11 Å². The summed E-state index contributed by atoms with van der Waals surface area (Å²) in [5.74, 6) is 2.82. The molecule has 9 heteroatoms. The molecule has 144 valence electrons. The van der Waals surface area contributed by atoms with Crippen LogP contribution in [-0.2, 0) is 19.5 Å². The van der Waals surface area contributed by atoms with Crippen molar-refractivity contribution in [1.29, 1.82) is 0 Å². The molecule has 0 saturated heterocycles. The second-order valence-corrected chi connectivity index (χ2v) is 8.07. The molecule has 0 spiro atoms. The van der Waals surface area contributed by atoms with Crippen molar-refractivity contribution in [2.45, 2.75) is 40.3 Å². The SMILES string of the molecule is CCc1cc2c(N3CCn4c(C)nnc4C3)nc(OCC(C)CO)nc2s1. The topological polar surface area (TPSA) is 89.2 Å². The lowest BCUT2D eigenvalue weighted by atomic mass is 10.2. The van der Waals surface area contributed by atoms with Crippen LogP contribution in [0.2, 0.25) is 0 Å². The maximum absolute atomic E-state index is 9.23. The minimum atomic E-state index is 0.0406. The molecule has 4 rings (SSSR count). The molecule has 8 nitrogen and oxygen atoms in total. The number of fused-ring (bicyclic) bond motifs is 2. The zero-order valence-corrected chi connectivity index (χ0v) is 16.7. The Hall–Kier alpha value is -2.26. The van der Waals surface area contributed by atoms with Gasteiger partial charge in [0.15, 0.2) is 5.82 Å². The Morgan fingerprint density at radius 2 is 2.15 bits per heavy atom. The normalized spacial score (nSPS) is 15.2. The Kier molecular flexibility index (Phi) is 4.96. The van der Waals surface area contributed by atoms with Gasteiger partial charge in [0.2, 0.25) is 0 Å². The van der Waals surface area contributed by atoms with Gasteiger partial charge in [-0.25, -0.2) is 0 Å². The summed E-state index contributed by atoms with van der Waals surface area (Å²) in [5.41, 5.74) is 0. The van der Waals surface area contributed by atoms with Crippen LogP contribution in [0.3, 0.4) is 0 Å². The van der Waals surface area contributed by atoms with E-state index in [2.05, 4.69) is 37.6 Å². The molecule has 1 aliphatic heterocycles. The van der Waals surface area contributed by atoms with Gasteiger partial charge in [-0.2, -0.15) is 9.97 Å². The molecule has 0 fully saturated rings. The monoisotopic (exact) mass is 388 g/mol. The van der Waals surface area contributed by atoms with Gasteiger partial charge in [0.25, 0.3) is 0 Å². The summed E-state index contributed by atoms with van der Waals surface area (Å²) in [4.78, 5) is 13.8. The highest BCUT2D eigenvalue weighted by Crippen LogP contribution is 2.34. The number of hydrogen-bond donors (Lipinski definition) is 1. The van der Waals surface area contributed by atoms with Gasteiger partial charge in [0.05, 0.1) is 18.5 Å². The van der Waals surface area contributed by atoms with Crippen LogP contribution < -0.4 is 9.64 Å². The minimum Gasteiger partial charge on any atom is -0.463 e. The summed E-state index contributed by atoms with van der Waals surface area (Å²) >= 11 is 1.68. The lowest BCUT2D eigenvalue weighted by Crippen LogP contribution is -2.35. The van der Waals surface area contributed by atoms with Crippen molar-refractivity contribution < 1.29 is 9.84 Å². The Morgan fingerprint density at radius 1 is 1.30 bits per heavy atom. The molecule has 0 aliphatic carbocycles. The minimum absolute atomic E-state index is 0.0406. The van der Waals surface area contributed by atoms with E-state index in [0.29, 0.717) is 19.2 Å². The van der Waals surface area contributed by atoms with E-state index in [1.165, 1.54) is 4.88 Å². The van der Waals surface area contributed by atoms with Crippen molar-refractivity contribution in [2.75, 3.05) is 24.7 Å². The molecule has 1 unspecified atom stereocenters. The molecular weight excluding hydrogens is 364 g/mol. The lowest BCUT2D eigenvalue weighted by Gasteiger charge is -2.29. The van der Waals surface area contributed by atoms with Crippen molar-refractivity contribution in [3.8, 4) is 6.01 Å². The van der Waals surface area contributed by atoms with Gasteiger partial charge >= 0.3 is 6.01 Å². The second kappa shape index (κ2) is 7.40. The van der Waals surface area contributed by atoms with Crippen LogP contribution in [0.15, 0.2) is 6.07 Å². The number of anilines is 1. The molecule has 0 amide bonds. The molecule has 0 saturated carbocycles. The van der Waals surface area contributed by atoms with Crippen LogP contribution in [0.25, 0.3) is 10.2 Å². The number of rotatable bonds is 6. The fourth-order valence-electron chi connectivity index (χ4n) is 3.17. The molecule has 27 heavy (non-hydrogen) atoms. The van der Waals surface area contributed by atoms with Crippen LogP contribution in [0, 0.1) is 12.8 Å². The molecular formula is C18H24N6O2S. The summed E-state index contributed by atoms with van der Waals surface area (Å²) in [6, 6.07) is 2.55. The first-order valence-electron chi connectivity index (χ1n) is 9.26. The second-order valence-electron chi connectivity index (χ2n) is 6.95. The molecule has 3 aromatic rings. The number of hydrogen-bond acceptors (Lipinski definition) is 8. The van der Waals surface area contributed by atoms with Gasteiger partial charge in [0.1, 0.15) is 16.5 Å². The third kappa shape index (κ3) is 3.49. The average Bonchev–Trinajstić information content (AvgIpc) is 3.28. The van der Waals surface area contributed by atoms with Gasteiger partial charge < -0.3 is 19.3 Å². The van der Waals surface area contributed by atoms with Gasteiger partial charge in [-0.05, 0) is 19.4 Å². The largest absolute Gasteiger partial charge is 0.463 e. The Labute approximate surface area is 161 Å². The Balaban J connectivity index is 1.70. The third-order valence-electron chi connectivity index (χ3n) is 4.80. The molecule has 0 bridgehead atoms. The summed E-state index contributed by atoms with van der Waals surface area (Å²) in [6.45, 7) is 8.86. The molecule has 4 heterocycles. The van der Waals surface area contributed by atoms with Gasteiger partial charge in [-0.15, -0.1) is 21.5 Å². The summed E-state index contributed by atoms with van der Waals surface area (Å²) < 4.78 is 7.93. The van der Waals surface area contributed by atoms with E-state index >= 15 is 0 Å². The van der Waals surface area contributed by atoms with Crippen LogP contribution in [0.4, 0.5) is 5.82 Å². The molecule has 0 aromatic carbocycles. The van der Waals surface area contributed by atoms with Crippen molar-refractivity contribution in [1.82, 2.24) is 24.7 Å². The fraction of sp³-hybridized carbons (Fsp3) is 0.556. The van der Waals surface area contributed by atoms with Crippen LogP contribution in [0.1, 0.15) is 30.4 Å². The number of nitrogens with zero attached hydrogens (tertiary/aromatic N) is 6. The molecule has 0 radical (unpaired) electrons. The van der Waals surface area contributed by atoms with Gasteiger partial charge in [-0.1, -0.05) is 13.8 Å². The molecule has 1 N–H and O–H groups in total. The highest BCUT2D eigenvalue weighted by atomic mass is 32.1. The predicted molar refractivity (Wildman–Crippen MR) is 104 cm³/mol. The first kappa shape index (κ1) is 18.1. The first-order valence-corrected chi connectivity index (χ1v) is 10.1. The van der Waals surface area contributed by atoms with Crippen molar-refractivity contribution >= 4 is 27.4 Å². The van der Waals surface area contributed by atoms with E-state index in [-0.39, 0.29) is 12.5 Å². The van der Waals surface area contributed by atoms with Crippen molar-refractivity contribution in [3.63, 3.8) is 0 Å². The molecule has 1 aliphatic rings. The molecule has 1 atom stereocenters. The standard InChI is InChI=1S/C18H24N6O2S/c1-4-13-7-14-16(23-5-6-24-12(3)21-22-15(24)8-23)19-18(20-17(14)27-13)26-10-11(2)9-25/h7,11,25H,4-6,8-10H2,1-3H3. The summed E-state index contributed by atoms with van der Waals surface area (Å²) in [5, 5.41) is 18.8. The summed E-state index contributed by atoms with van der Waals surface area (Å²) in [6.07, 6.45) is 0.964. The predicted octanol–water partition coefficient (Wildman–Crippen LogP) is 2.18. The molecule has 3 aromatic heterocycles. The number of aliphatic hydroxyl groups excluding tert-OH is 1. The highest BCUT2D eigenvalue weighted by Gasteiger charge is 2.24. The van der Waals surface area contributed by atoms with Gasteiger partial charge in [0, 0.05) is 30.5 Å². The fourth-order valence-corrected chi connectivity index (χ4v) is 4.12. The van der Waals surface area contributed by atoms with E-state index in [4.69, 9.17) is 9.72 Å². The highest BCUT2D eigenvalue weighted by molar-refractivity contribution is 7.18. The smallest absolute Gasteiger partial charge is 0.319 e. The zero-order valence-electron chi connectivity index (χ0n) is 15.8. The van der Waals surface area contributed by atoms with Crippen LogP contribution in [-0.4, -0.2) is 49.6 Å². The van der Waals surface area contributed by atoms with E-state index < -0.39 is 0 Å². The van der Waals surface area contributed by atoms with Crippen molar-refractivity contribution in [2.24, 2.45) is 5.92 Å². The average molecular weight is 388 g/mol. The lowest BCUT2D eigenvalue weighted by molar-refractivity contribution is 0.167. The number of aryl methyl sites for hydroxylation is 2. The van der Waals surface area contributed by atoms with E-state index in [1.54, 1.807) is 11.3 Å². The number of thiophene rings is 1. The third-order valence-corrected chi connectivity index (χ3v) is 5.97. The first-order chi connectivity index (χ1) is 13.1. The van der Waals surface area contributed by atoms with Crippen LogP contribution >= 0.6 is 11.3 Å². The maximum atomic E-state index is 9.23.